The van der Waals surface area contributed by atoms with Gasteiger partial charge in [0.25, 0.3) is 0 Å². The third-order valence-electron chi connectivity index (χ3n) is 2.58. The van der Waals surface area contributed by atoms with Gasteiger partial charge in [0.05, 0.1) is 0 Å². The summed E-state index contributed by atoms with van der Waals surface area (Å²) in [5.74, 6) is 3.82. The summed E-state index contributed by atoms with van der Waals surface area (Å²) in [5, 5.41) is 3.59. The van der Waals surface area contributed by atoms with E-state index in [1.807, 2.05) is 0 Å². The lowest BCUT2D eigenvalue weighted by molar-refractivity contribution is 0.526. The van der Waals surface area contributed by atoms with E-state index in [1.54, 1.807) is 0 Å². The van der Waals surface area contributed by atoms with Crippen LogP contribution in [0.3, 0.4) is 0 Å². The van der Waals surface area contributed by atoms with Gasteiger partial charge in [-0.25, -0.2) is 0 Å². The Morgan fingerprint density at radius 2 is 2.10 bits per heavy atom. The van der Waals surface area contributed by atoms with E-state index in [0.29, 0.717) is 0 Å². The maximum absolute atomic E-state index is 3.59. The largest absolute Gasteiger partial charge is 0.313 e. The van der Waals surface area contributed by atoms with Crippen LogP contribution in [0.15, 0.2) is 0 Å². The molecule has 10 heavy (non-hydrogen) atoms. The lowest BCUT2D eigenvalue weighted by Gasteiger charge is -2.16. The molecule has 0 aliphatic carbocycles. The average molecular weight is 157 g/mol. The van der Waals surface area contributed by atoms with Crippen LogP contribution >= 0.6 is 11.8 Å². The lowest BCUT2D eigenvalue weighted by atomic mass is 10.0. The molecule has 2 bridgehead atoms. The first kappa shape index (κ1) is 6.99. The molecule has 0 aromatic carbocycles. The fraction of sp³-hybridized carbons (Fsp3) is 1.00. The SMILES string of the molecule is C1CC2CCC(CSC2)N1. The number of hydrogen-bond donors (Lipinski definition) is 1. The molecule has 0 amide bonds. The summed E-state index contributed by atoms with van der Waals surface area (Å²) in [6.45, 7) is 1.27. The van der Waals surface area contributed by atoms with E-state index >= 15 is 0 Å². The molecular formula is C8H15NS. The predicted molar refractivity (Wildman–Crippen MR) is 46.5 cm³/mol. The van der Waals surface area contributed by atoms with Crippen LogP contribution < -0.4 is 5.32 Å². The Hall–Kier alpha value is 0.310. The second kappa shape index (κ2) is 3.14. The van der Waals surface area contributed by atoms with Crippen LogP contribution in [0.25, 0.3) is 0 Å². The molecule has 2 fully saturated rings. The van der Waals surface area contributed by atoms with Gasteiger partial charge in [-0.05, 0) is 37.5 Å². The van der Waals surface area contributed by atoms with E-state index in [0.717, 1.165) is 12.0 Å². The highest BCUT2D eigenvalue weighted by molar-refractivity contribution is 7.99. The zero-order valence-electron chi connectivity index (χ0n) is 6.31. The van der Waals surface area contributed by atoms with Crippen molar-refractivity contribution in [3.05, 3.63) is 0 Å². The Balaban J connectivity index is 2.01. The summed E-state index contributed by atoms with van der Waals surface area (Å²) < 4.78 is 0. The van der Waals surface area contributed by atoms with Crippen LogP contribution in [0.5, 0.6) is 0 Å². The first-order valence-electron chi connectivity index (χ1n) is 4.26. The Kier molecular flexibility index (Phi) is 2.19. The third kappa shape index (κ3) is 1.48. The summed E-state index contributed by atoms with van der Waals surface area (Å²) in [6.07, 6.45) is 4.33. The maximum atomic E-state index is 3.59. The van der Waals surface area contributed by atoms with Crippen LogP contribution in [0.1, 0.15) is 19.3 Å². The molecule has 2 atom stereocenters. The van der Waals surface area contributed by atoms with Crippen molar-refractivity contribution in [2.45, 2.75) is 25.3 Å². The van der Waals surface area contributed by atoms with Crippen LogP contribution in [-0.4, -0.2) is 24.1 Å². The van der Waals surface area contributed by atoms with Gasteiger partial charge in [0.15, 0.2) is 0 Å². The Labute approximate surface area is 67.0 Å². The standard InChI is InChI=1S/C8H15NS/c1-2-8-6-10-5-7(1)3-4-9-8/h7-9H,1-6H2. The Morgan fingerprint density at radius 1 is 1.10 bits per heavy atom. The molecule has 0 aromatic rings. The minimum absolute atomic E-state index is 0.845. The van der Waals surface area contributed by atoms with Gasteiger partial charge in [0.2, 0.25) is 0 Å². The highest BCUT2D eigenvalue weighted by atomic mass is 32.2. The predicted octanol–water partition coefficient (Wildman–Crippen LogP) is 1.49. The first-order valence-corrected chi connectivity index (χ1v) is 5.42. The van der Waals surface area contributed by atoms with Crippen molar-refractivity contribution in [1.82, 2.24) is 5.32 Å². The molecule has 2 heteroatoms. The van der Waals surface area contributed by atoms with Crippen molar-refractivity contribution in [2.24, 2.45) is 5.92 Å². The second-order valence-electron chi connectivity index (χ2n) is 3.42. The smallest absolute Gasteiger partial charge is 0.0158 e. The fourth-order valence-corrected chi connectivity index (χ4v) is 3.23. The zero-order valence-corrected chi connectivity index (χ0v) is 7.12. The highest BCUT2D eigenvalue weighted by Gasteiger charge is 2.21. The molecule has 0 saturated carbocycles. The molecule has 2 rings (SSSR count). The summed E-state index contributed by atoms with van der Waals surface area (Å²) >= 11 is 2.15. The topological polar surface area (TPSA) is 12.0 Å². The second-order valence-corrected chi connectivity index (χ2v) is 4.50. The monoisotopic (exact) mass is 157 g/mol. The average Bonchev–Trinajstić information content (AvgIpc) is 2.17. The van der Waals surface area contributed by atoms with Crippen molar-refractivity contribution in [3.8, 4) is 0 Å². The normalized spacial score (nSPS) is 40.8. The molecule has 0 aromatic heterocycles. The Bertz CT molecular complexity index is 93.8. The number of thioether (sulfide) groups is 1. The quantitative estimate of drug-likeness (QED) is 0.572. The molecule has 2 aliphatic rings. The first-order chi connectivity index (χ1) is 4.95. The molecule has 2 aliphatic heterocycles. The minimum Gasteiger partial charge on any atom is -0.313 e. The van der Waals surface area contributed by atoms with Gasteiger partial charge in [0.1, 0.15) is 0 Å². The van der Waals surface area contributed by atoms with Gasteiger partial charge in [-0.1, -0.05) is 0 Å². The van der Waals surface area contributed by atoms with Crippen molar-refractivity contribution < 1.29 is 0 Å². The van der Waals surface area contributed by atoms with Gasteiger partial charge < -0.3 is 5.32 Å². The number of nitrogens with one attached hydrogen (secondary N) is 1. The highest BCUT2D eigenvalue weighted by Crippen LogP contribution is 2.26. The molecular weight excluding hydrogens is 142 g/mol. The van der Waals surface area contributed by atoms with Gasteiger partial charge in [-0.2, -0.15) is 11.8 Å². The number of fused-ring (bicyclic) bond motifs is 3. The van der Waals surface area contributed by atoms with Gasteiger partial charge in [-0.3, -0.25) is 0 Å². The number of hydrogen-bond acceptors (Lipinski definition) is 2. The summed E-state index contributed by atoms with van der Waals surface area (Å²) in [7, 11) is 0. The van der Waals surface area contributed by atoms with Crippen molar-refractivity contribution in [2.75, 3.05) is 18.1 Å². The van der Waals surface area contributed by atoms with Crippen LogP contribution in [-0.2, 0) is 0 Å². The molecule has 0 radical (unpaired) electrons. The summed E-state index contributed by atoms with van der Waals surface area (Å²) in [4.78, 5) is 0. The van der Waals surface area contributed by atoms with Crippen molar-refractivity contribution in [3.63, 3.8) is 0 Å². The molecule has 58 valence electrons. The minimum atomic E-state index is 0.845. The van der Waals surface area contributed by atoms with Crippen molar-refractivity contribution >= 4 is 11.8 Å². The molecule has 2 saturated heterocycles. The molecule has 1 nitrogen and oxygen atoms in total. The van der Waals surface area contributed by atoms with Crippen LogP contribution in [0, 0.1) is 5.92 Å². The van der Waals surface area contributed by atoms with E-state index < -0.39 is 0 Å². The fourth-order valence-electron chi connectivity index (χ4n) is 1.86. The summed E-state index contributed by atoms with van der Waals surface area (Å²) in [6, 6.07) is 0.845. The van der Waals surface area contributed by atoms with Gasteiger partial charge in [-0.15, -0.1) is 0 Å². The Morgan fingerprint density at radius 3 is 3.10 bits per heavy atom. The summed E-state index contributed by atoms with van der Waals surface area (Å²) in [5.41, 5.74) is 0. The number of rotatable bonds is 0. The molecule has 2 heterocycles. The molecule has 0 spiro atoms. The lowest BCUT2D eigenvalue weighted by Crippen LogP contribution is -2.31. The third-order valence-corrected chi connectivity index (χ3v) is 3.93. The van der Waals surface area contributed by atoms with Crippen LogP contribution in [0.2, 0.25) is 0 Å². The van der Waals surface area contributed by atoms with E-state index in [-0.39, 0.29) is 0 Å². The van der Waals surface area contributed by atoms with E-state index in [9.17, 15) is 0 Å². The molecule has 1 N–H and O–H groups in total. The maximum Gasteiger partial charge on any atom is 0.0158 e. The van der Waals surface area contributed by atoms with Gasteiger partial charge >= 0.3 is 0 Å². The van der Waals surface area contributed by atoms with E-state index in [2.05, 4.69) is 17.1 Å². The van der Waals surface area contributed by atoms with Crippen molar-refractivity contribution in [1.29, 1.82) is 0 Å². The van der Waals surface area contributed by atoms with E-state index in [4.69, 9.17) is 0 Å². The van der Waals surface area contributed by atoms with Crippen LogP contribution in [0.4, 0.5) is 0 Å². The van der Waals surface area contributed by atoms with E-state index in [1.165, 1.54) is 37.3 Å². The zero-order chi connectivity index (χ0) is 6.81. The van der Waals surface area contributed by atoms with Gasteiger partial charge in [0, 0.05) is 11.8 Å². The molecule has 2 unspecified atom stereocenters.